The molecule has 0 saturated carbocycles. The van der Waals surface area contributed by atoms with Gasteiger partial charge in [0, 0.05) is 0 Å². The number of carboxylic acids is 1. The molecule has 2 rings (SSSR count). The molecule has 0 radical (unpaired) electrons. The molecule has 0 aromatic heterocycles. The smallest absolute Gasteiger partial charge is 0.342 e. The quantitative estimate of drug-likeness (QED) is 0.927. The van der Waals surface area contributed by atoms with Gasteiger partial charge in [-0.1, -0.05) is 12.1 Å². The molecule has 4 nitrogen and oxygen atoms in total. The van der Waals surface area contributed by atoms with E-state index in [4.69, 9.17) is 15.1 Å². The van der Waals surface area contributed by atoms with Gasteiger partial charge in [-0.25, -0.2) is 9.18 Å². The first-order valence-electron chi connectivity index (χ1n) is 5.73. The summed E-state index contributed by atoms with van der Waals surface area (Å²) in [5.74, 6) is -2.26. The largest absolute Gasteiger partial charge is 0.477 e. The Labute approximate surface area is 114 Å². The van der Waals surface area contributed by atoms with E-state index < -0.39 is 17.3 Å². The summed E-state index contributed by atoms with van der Waals surface area (Å²) >= 11 is 0. The molecule has 0 saturated heterocycles. The van der Waals surface area contributed by atoms with Gasteiger partial charge in [0.25, 0.3) is 0 Å². The Bertz CT molecular complexity index is 720. The zero-order valence-corrected chi connectivity index (χ0v) is 10.6. The summed E-state index contributed by atoms with van der Waals surface area (Å²) in [6.45, 7) is 1.80. The van der Waals surface area contributed by atoms with Crippen molar-refractivity contribution in [2.24, 2.45) is 0 Å². The van der Waals surface area contributed by atoms with Gasteiger partial charge in [0.15, 0.2) is 0 Å². The number of aromatic carboxylic acids is 1. The summed E-state index contributed by atoms with van der Waals surface area (Å²) in [5.41, 5.74) is 0.529. The fourth-order valence-corrected chi connectivity index (χ4v) is 1.72. The summed E-state index contributed by atoms with van der Waals surface area (Å²) in [7, 11) is 0. The van der Waals surface area contributed by atoms with Crippen molar-refractivity contribution in [2.75, 3.05) is 0 Å². The molecule has 0 spiro atoms. The molecule has 2 aromatic rings. The molecule has 0 unspecified atom stereocenters. The fourth-order valence-electron chi connectivity index (χ4n) is 1.72. The number of ether oxygens (including phenoxy) is 1. The Hall–Kier alpha value is -2.87. The van der Waals surface area contributed by atoms with E-state index in [0.717, 1.165) is 11.6 Å². The van der Waals surface area contributed by atoms with Crippen LogP contribution in [0.25, 0.3) is 0 Å². The van der Waals surface area contributed by atoms with Gasteiger partial charge in [0.2, 0.25) is 0 Å². The zero-order chi connectivity index (χ0) is 14.7. The summed E-state index contributed by atoms with van der Waals surface area (Å²) in [6, 6.07) is 10.6. The van der Waals surface area contributed by atoms with Crippen molar-refractivity contribution >= 4 is 5.97 Å². The number of halogens is 1. The van der Waals surface area contributed by atoms with Crippen molar-refractivity contribution in [3.8, 4) is 17.6 Å². The van der Waals surface area contributed by atoms with Gasteiger partial charge in [-0.3, -0.25) is 0 Å². The number of hydrogen-bond donors (Lipinski definition) is 1. The van der Waals surface area contributed by atoms with E-state index in [-0.39, 0.29) is 17.1 Å². The lowest BCUT2D eigenvalue weighted by molar-refractivity contribution is 0.0689. The number of carbonyl (C=O) groups is 1. The molecule has 0 heterocycles. The molecule has 5 heteroatoms. The van der Waals surface area contributed by atoms with E-state index in [1.54, 1.807) is 25.1 Å². The molecule has 0 atom stereocenters. The van der Waals surface area contributed by atoms with Gasteiger partial charge in [-0.15, -0.1) is 0 Å². The number of nitriles is 1. The third kappa shape index (κ3) is 2.59. The first kappa shape index (κ1) is 13.6. The molecule has 0 amide bonds. The highest BCUT2D eigenvalue weighted by atomic mass is 19.1. The predicted octanol–water partition coefficient (Wildman–Crippen LogP) is 3.50. The Morgan fingerprint density at radius 2 is 2.05 bits per heavy atom. The maximum atomic E-state index is 13.5. The highest BCUT2D eigenvalue weighted by molar-refractivity contribution is 5.91. The molecule has 2 aromatic carbocycles. The predicted molar refractivity (Wildman–Crippen MR) is 69.3 cm³/mol. The van der Waals surface area contributed by atoms with E-state index in [9.17, 15) is 9.18 Å². The van der Waals surface area contributed by atoms with Crippen molar-refractivity contribution in [2.45, 2.75) is 6.92 Å². The van der Waals surface area contributed by atoms with Gasteiger partial charge >= 0.3 is 5.97 Å². The van der Waals surface area contributed by atoms with Crippen LogP contribution in [0.5, 0.6) is 11.5 Å². The molecular weight excluding hydrogens is 261 g/mol. The maximum Gasteiger partial charge on any atom is 0.342 e. The zero-order valence-electron chi connectivity index (χ0n) is 10.6. The third-order valence-electron chi connectivity index (χ3n) is 2.67. The van der Waals surface area contributed by atoms with Crippen LogP contribution >= 0.6 is 0 Å². The van der Waals surface area contributed by atoms with Gasteiger partial charge < -0.3 is 9.84 Å². The van der Waals surface area contributed by atoms with Gasteiger partial charge in [0.05, 0.1) is 5.56 Å². The van der Waals surface area contributed by atoms with Crippen LogP contribution in [-0.2, 0) is 0 Å². The van der Waals surface area contributed by atoms with Gasteiger partial charge in [0.1, 0.15) is 28.9 Å². The van der Waals surface area contributed by atoms with Crippen LogP contribution in [-0.4, -0.2) is 11.1 Å². The third-order valence-corrected chi connectivity index (χ3v) is 2.67. The van der Waals surface area contributed by atoms with Crippen LogP contribution in [0.2, 0.25) is 0 Å². The van der Waals surface area contributed by atoms with Crippen molar-refractivity contribution < 1.29 is 19.0 Å². The monoisotopic (exact) mass is 271 g/mol. The molecular formula is C15H10FNO3. The molecule has 0 aliphatic rings. The molecule has 100 valence electrons. The van der Waals surface area contributed by atoms with Crippen LogP contribution in [0.3, 0.4) is 0 Å². The van der Waals surface area contributed by atoms with Crippen LogP contribution < -0.4 is 4.74 Å². The first-order chi connectivity index (χ1) is 9.52. The standard InChI is InChI=1S/C15H10FNO3/c1-9-5-6-10(8-17)13(7-9)20-12-4-2-3-11(16)14(12)15(18)19/h2-7H,1H3,(H,18,19). The lowest BCUT2D eigenvalue weighted by atomic mass is 10.1. The van der Waals surface area contributed by atoms with Crippen LogP contribution in [0, 0.1) is 24.1 Å². The summed E-state index contributed by atoms with van der Waals surface area (Å²) in [5, 5.41) is 18.0. The lowest BCUT2D eigenvalue weighted by Gasteiger charge is -2.11. The summed E-state index contributed by atoms with van der Waals surface area (Å²) in [6.07, 6.45) is 0. The topological polar surface area (TPSA) is 70.3 Å². The number of rotatable bonds is 3. The Morgan fingerprint density at radius 3 is 2.70 bits per heavy atom. The van der Waals surface area contributed by atoms with E-state index in [2.05, 4.69) is 0 Å². The van der Waals surface area contributed by atoms with E-state index >= 15 is 0 Å². The minimum atomic E-state index is -1.43. The van der Waals surface area contributed by atoms with Crippen LogP contribution in [0.1, 0.15) is 21.5 Å². The highest BCUT2D eigenvalue weighted by Crippen LogP contribution is 2.30. The second-order valence-corrected chi connectivity index (χ2v) is 4.13. The normalized spacial score (nSPS) is 9.85. The fraction of sp³-hybridized carbons (Fsp3) is 0.0667. The minimum Gasteiger partial charge on any atom is -0.477 e. The number of benzene rings is 2. The van der Waals surface area contributed by atoms with Crippen LogP contribution in [0.4, 0.5) is 4.39 Å². The van der Waals surface area contributed by atoms with E-state index in [0.29, 0.717) is 0 Å². The molecule has 0 bridgehead atoms. The molecule has 0 aliphatic heterocycles. The van der Waals surface area contributed by atoms with Crippen molar-refractivity contribution in [1.29, 1.82) is 5.26 Å². The van der Waals surface area contributed by atoms with E-state index in [1.165, 1.54) is 12.1 Å². The van der Waals surface area contributed by atoms with Crippen molar-refractivity contribution in [3.63, 3.8) is 0 Å². The van der Waals surface area contributed by atoms with Gasteiger partial charge in [-0.05, 0) is 36.8 Å². The first-order valence-corrected chi connectivity index (χ1v) is 5.73. The number of nitrogens with zero attached hydrogens (tertiary/aromatic N) is 1. The lowest BCUT2D eigenvalue weighted by Crippen LogP contribution is -2.04. The van der Waals surface area contributed by atoms with Gasteiger partial charge in [-0.2, -0.15) is 5.26 Å². The Balaban J connectivity index is 2.51. The average Bonchev–Trinajstić information content (AvgIpc) is 2.38. The SMILES string of the molecule is Cc1ccc(C#N)c(Oc2cccc(F)c2C(=O)O)c1. The molecule has 0 aliphatic carbocycles. The van der Waals surface area contributed by atoms with Crippen molar-refractivity contribution in [1.82, 2.24) is 0 Å². The number of hydrogen-bond acceptors (Lipinski definition) is 3. The molecule has 1 N–H and O–H groups in total. The average molecular weight is 271 g/mol. The maximum absolute atomic E-state index is 13.5. The molecule has 0 fully saturated rings. The Kier molecular flexibility index (Phi) is 3.67. The minimum absolute atomic E-state index is 0.139. The van der Waals surface area contributed by atoms with E-state index in [1.807, 2.05) is 6.07 Å². The van der Waals surface area contributed by atoms with Crippen molar-refractivity contribution in [3.05, 3.63) is 58.9 Å². The number of carboxylic acid groups (broad SMARTS) is 1. The Morgan fingerprint density at radius 1 is 1.30 bits per heavy atom. The molecule has 20 heavy (non-hydrogen) atoms. The second-order valence-electron chi connectivity index (χ2n) is 4.13. The highest BCUT2D eigenvalue weighted by Gasteiger charge is 2.18. The van der Waals surface area contributed by atoms with Crippen LogP contribution in [0.15, 0.2) is 36.4 Å². The summed E-state index contributed by atoms with van der Waals surface area (Å²) < 4.78 is 19.0. The second kappa shape index (κ2) is 5.41. The summed E-state index contributed by atoms with van der Waals surface area (Å²) in [4.78, 5) is 11.1. The number of aryl methyl sites for hydroxylation is 1.